The number of H-pyrrole nitrogens is 1. The summed E-state index contributed by atoms with van der Waals surface area (Å²) in [6, 6.07) is 11.0. The average molecular weight is 381 g/mol. The highest BCUT2D eigenvalue weighted by Gasteiger charge is 2.18. The fourth-order valence-electron chi connectivity index (χ4n) is 2.92. The number of methoxy groups -OCH3 is 1. The van der Waals surface area contributed by atoms with E-state index >= 15 is 0 Å². The van der Waals surface area contributed by atoms with Crippen molar-refractivity contribution in [2.45, 2.75) is 13.0 Å². The number of amides is 2. The molecule has 3 rings (SSSR count). The maximum atomic E-state index is 12.7. The molecule has 144 valence electrons. The second-order valence-corrected chi connectivity index (χ2v) is 6.22. The van der Waals surface area contributed by atoms with E-state index in [-0.39, 0.29) is 17.5 Å². The fraction of sp³-hybridized carbons (Fsp3) is 0.200. The molecule has 28 heavy (non-hydrogen) atoms. The van der Waals surface area contributed by atoms with Crippen LogP contribution in [0.3, 0.4) is 0 Å². The Morgan fingerprint density at radius 1 is 1.07 bits per heavy atom. The molecule has 1 heterocycles. The Morgan fingerprint density at radius 3 is 2.54 bits per heavy atom. The van der Waals surface area contributed by atoms with Crippen molar-refractivity contribution in [3.63, 3.8) is 0 Å². The van der Waals surface area contributed by atoms with Crippen LogP contribution in [0.25, 0.3) is 21.8 Å². The minimum atomic E-state index is -0.824. The summed E-state index contributed by atoms with van der Waals surface area (Å²) in [5.74, 6) is -1.64. The van der Waals surface area contributed by atoms with Gasteiger partial charge in [-0.15, -0.1) is 0 Å². The summed E-state index contributed by atoms with van der Waals surface area (Å²) in [7, 11) is 1.22. The molecule has 3 aromatic rings. The first-order valence-corrected chi connectivity index (χ1v) is 8.61. The number of ether oxygens (including phenoxy) is 1. The number of hydrogen-bond acceptors (Lipinski definition) is 5. The Kier molecular flexibility index (Phi) is 5.39. The lowest BCUT2D eigenvalue weighted by molar-refractivity contribution is -0.144. The molecule has 0 spiro atoms. The lowest BCUT2D eigenvalue weighted by Crippen LogP contribution is -2.44. The number of para-hydroxylation sites is 2. The van der Waals surface area contributed by atoms with E-state index in [2.05, 4.69) is 20.4 Å². The normalized spacial score (nSPS) is 11.8. The molecule has 0 saturated heterocycles. The van der Waals surface area contributed by atoms with E-state index < -0.39 is 23.8 Å². The second kappa shape index (κ2) is 7.91. The van der Waals surface area contributed by atoms with Crippen LogP contribution in [0.5, 0.6) is 0 Å². The molecule has 0 saturated carbocycles. The van der Waals surface area contributed by atoms with Gasteiger partial charge in [-0.25, -0.2) is 4.79 Å². The summed E-state index contributed by atoms with van der Waals surface area (Å²) in [5.41, 5.74) is 1.08. The van der Waals surface area contributed by atoms with Gasteiger partial charge in [0.05, 0.1) is 24.7 Å². The summed E-state index contributed by atoms with van der Waals surface area (Å²) >= 11 is 0. The van der Waals surface area contributed by atoms with Gasteiger partial charge in [-0.3, -0.25) is 14.4 Å². The molecule has 1 atom stereocenters. The number of esters is 1. The molecule has 2 amide bonds. The van der Waals surface area contributed by atoms with Gasteiger partial charge in [0.15, 0.2) is 5.43 Å². The van der Waals surface area contributed by atoms with Gasteiger partial charge in [0.25, 0.3) is 5.91 Å². The van der Waals surface area contributed by atoms with Crippen LogP contribution in [-0.4, -0.2) is 42.5 Å². The summed E-state index contributed by atoms with van der Waals surface area (Å²) in [5, 5.41) is 5.83. The maximum Gasteiger partial charge on any atom is 0.328 e. The van der Waals surface area contributed by atoms with Crippen molar-refractivity contribution in [3.05, 3.63) is 58.3 Å². The van der Waals surface area contributed by atoms with Crippen LogP contribution >= 0.6 is 0 Å². The summed E-state index contributed by atoms with van der Waals surface area (Å²) < 4.78 is 4.53. The molecule has 0 aliphatic carbocycles. The van der Waals surface area contributed by atoms with Gasteiger partial charge in [0.2, 0.25) is 5.91 Å². The molecule has 0 fully saturated rings. The molecule has 0 unspecified atom stereocenters. The molecule has 8 heteroatoms. The van der Waals surface area contributed by atoms with Crippen molar-refractivity contribution in [2.24, 2.45) is 0 Å². The third-order valence-corrected chi connectivity index (χ3v) is 4.33. The van der Waals surface area contributed by atoms with E-state index in [1.807, 2.05) is 0 Å². The largest absolute Gasteiger partial charge is 0.467 e. The van der Waals surface area contributed by atoms with E-state index in [4.69, 9.17) is 0 Å². The zero-order valence-corrected chi connectivity index (χ0v) is 15.4. The van der Waals surface area contributed by atoms with E-state index in [9.17, 15) is 19.2 Å². The molecule has 0 radical (unpaired) electrons. The summed E-state index contributed by atoms with van der Waals surface area (Å²) in [6.07, 6.45) is 0. The zero-order valence-electron chi connectivity index (χ0n) is 15.4. The first kappa shape index (κ1) is 19.1. The fourth-order valence-corrected chi connectivity index (χ4v) is 2.92. The molecule has 1 aromatic heterocycles. The molecular formula is C20H19N3O5. The number of fused-ring (bicyclic) bond motifs is 2. The standard InChI is InChI=1S/C20H19N3O5/c1-11(20(27)28-2)22-16(24)10-21-19(26)14-8-5-7-13-17(14)23-15-9-4-3-6-12(15)18(13)25/h3-9,11H,10H2,1-2H3,(H,21,26)(H,22,24)(H,23,25)/t11-/m0/s1. The number of hydrogen-bond donors (Lipinski definition) is 3. The number of pyridine rings is 1. The van der Waals surface area contributed by atoms with Gasteiger partial charge in [-0.05, 0) is 31.2 Å². The van der Waals surface area contributed by atoms with Crippen LogP contribution in [0.15, 0.2) is 47.3 Å². The van der Waals surface area contributed by atoms with Crippen molar-refractivity contribution in [3.8, 4) is 0 Å². The third-order valence-electron chi connectivity index (χ3n) is 4.33. The smallest absolute Gasteiger partial charge is 0.328 e. The first-order chi connectivity index (χ1) is 13.4. The number of carbonyl (C=O) groups excluding carboxylic acids is 3. The Balaban J connectivity index is 1.83. The van der Waals surface area contributed by atoms with E-state index in [1.54, 1.807) is 42.5 Å². The van der Waals surface area contributed by atoms with Crippen molar-refractivity contribution in [2.75, 3.05) is 13.7 Å². The van der Waals surface area contributed by atoms with E-state index in [0.717, 1.165) is 0 Å². The quantitative estimate of drug-likeness (QED) is 0.452. The van der Waals surface area contributed by atoms with Gasteiger partial charge in [0, 0.05) is 16.3 Å². The van der Waals surface area contributed by atoms with Crippen LogP contribution in [-0.2, 0) is 14.3 Å². The highest BCUT2D eigenvalue weighted by molar-refractivity contribution is 6.08. The lowest BCUT2D eigenvalue weighted by Gasteiger charge is -2.12. The number of benzene rings is 2. The minimum Gasteiger partial charge on any atom is -0.467 e. The number of aromatic nitrogens is 1. The Bertz CT molecular complexity index is 1140. The van der Waals surface area contributed by atoms with Gasteiger partial charge in [-0.2, -0.15) is 0 Å². The predicted molar refractivity (Wildman–Crippen MR) is 104 cm³/mol. The van der Waals surface area contributed by atoms with Crippen LogP contribution in [0.2, 0.25) is 0 Å². The molecular weight excluding hydrogens is 362 g/mol. The zero-order chi connectivity index (χ0) is 20.3. The van der Waals surface area contributed by atoms with Crippen molar-refractivity contribution in [1.29, 1.82) is 0 Å². The van der Waals surface area contributed by atoms with Crippen LogP contribution in [0.1, 0.15) is 17.3 Å². The monoisotopic (exact) mass is 381 g/mol. The Hall–Kier alpha value is -3.68. The molecule has 2 aromatic carbocycles. The highest BCUT2D eigenvalue weighted by Crippen LogP contribution is 2.18. The molecule has 0 aliphatic rings. The molecule has 8 nitrogen and oxygen atoms in total. The van der Waals surface area contributed by atoms with Crippen LogP contribution in [0.4, 0.5) is 0 Å². The molecule has 3 N–H and O–H groups in total. The number of aromatic amines is 1. The van der Waals surface area contributed by atoms with E-state index in [1.165, 1.54) is 14.0 Å². The third kappa shape index (κ3) is 3.71. The number of rotatable bonds is 5. The Morgan fingerprint density at radius 2 is 1.79 bits per heavy atom. The first-order valence-electron chi connectivity index (χ1n) is 8.61. The van der Waals surface area contributed by atoms with Gasteiger partial charge < -0.3 is 20.4 Å². The topological polar surface area (TPSA) is 117 Å². The Labute approximate surface area is 159 Å². The van der Waals surface area contributed by atoms with Gasteiger partial charge in [-0.1, -0.05) is 18.2 Å². The lowest BCUT2D eigenvalue weighted by atomic mass is 10.1. The number of nitrogens with one attached hydrogen (secondary N) is 3. The minimum absolute atomic E-state index is 0.177. The van der Waals surface area contributed by atoms with Gasteiger partial charge >= 0.3 is 5.97 Å². The van der Waals surface area contributed by atoms with E-state index in [0.29, 0.717) is 21.8 Å². The van der Waals surface area contributed by atoms with Crippen molar-refractivity contribution in [1.82, 2.24) is 15.6 Å². The molecule has 0 bridgehead atoms. The average Bonchev–Trinajstić information content (AvgIpc) is 2.71. The summed E-state index contributed by atoms with van der Waals surface area (Å²) in [4.78, 5) is 51.6. The second-order valence-electron chi connectivity index (χ2n) is 6.22. The van der Waals surface area contributed by atoms with Crippen molar-refractivity contribution >= 4 is 39.6 Å². The van der Waals surface area contributed by atoms with Crippen LogP contribution in [0, 0.1) is 0 Å². The number of carbonyl (C=O) groups is 3. The predicted octanol–water partition coefficient (Wildman–Crippen LogP) is 1.09. The highest BCUT2D eigenvalue weighted by atomic mass is 16.5. The van der Waals surface area contributed by atoms with Gasteiger partial charge in [0.1, 0.15) is 6.04 Å². The van der Waals surface area contributed by atoms with Crippen LogP contribution < -0.4 is 16.1 Å². The summed E-state index contributed by atoms with van der Waals surface area (Å²) in [6.45, 7) is 1.15. The maximum absolute atomic E-state index is 12.7. The molecule has 0 aliphatic heterocycles. The van der Waals surface area contributed by atoms with Crippen molar-refractivity contribution < 1.29 is 19.1 Å². The SMILES string of the molecule is COC(=O)[C@H](C)NC(=O)CNC(=O)c1cccc2c(=O)c3ccccc3[nH]c12.